The van der Waals surface area contributed by atoms with Gasteiger partial charge in [-0.15, -0.1) is 0 Å². The molecule has 1 atom stereocenters. The second kappa shape index (κ2) is 4.60. The zero-order valence-corrected chi connectivity index (χ0v) is 9.51. The van der Waals surface area contributed by atoms with Crippen LogP contribution in [0.5, 0.6) is 0 Å². The molecule has 0 radical (unpaired) electrons. The number of esters is 1. The number of halogens is 2. The Labute approximate surface area is 93.2 Å². The molecule has 0 aliphatic carbocycles. The molecule has 0 saturated heterocycles. The lowest BCUT2D eigenvalue weighted by Crippen LogP contribution is -2.27. The van der Waals surface area contributed by atoms with E-state index in [1.54, 1.807) is 13.8 Å². The van der Waals surface area contributed by atoms with Crippen LogP contribution < -0.4 is 0 Å². The molecular weight excluding hydrogens is 214 g/mol. The number of carbonyl (C=O) groups is 1. The Hall–Kier alpha value is -1.45. The number of benzene rings is 1. The van der Waals surface area contributed by atoms with E-state index >= 15 is 0 Å². The zero-order valence-electron chi connectivity index (χ0n) is 9.51. The fourth-order valence-corrected chi connectivity index (χ4v) is 1.51. The summed E-state index contributed by atoms with van der Waals surface area (Å²) >= 11 is 0. The van der Waals surface area contributed by atoms with Crippen molar-refractivity contribution in [3.8, 4) is 0 Å². The summed E-state index contributed by atoms with van der Waals surface area (Å²) in [5.41, 5.74) is -0.669. The van der Waals surface area contributed by atoms with Crippen LogP contribution in [0.4, 0.5) is 8.78 Å². The molecule has 0 aliphatic rings. The molecule has 0 heterocycles. The quantitative estimate of drug-likeness (QED) is 0.743. The Morgan fingerprint density at radius 1 is 1.31 bits per heavy atom. The Kier molecular flexibility index (Phi) is 3.62. The minimum atomic E-state index is -0.991. The predicted octanol–water partition coefficient (Wildman–Crippen LogP) is 3.15. The summed E-state index contributed by atoms with van der Waals surface area (Å²) in [5, 5.41) is 0. The lowest BCUT2D eigenvalue weighted by atomic mass is 9.93. The van der Waals surface area contributed by atoms with E-state index in [9.17, 15) is 13.6 Å². The predicted molar refractivity (Wildman–Crippen MR) is 55.8 cm³/mol. The molecule has 1 unspecified atom stereocenters. The molecule has 0 bridgehead atoms. The van der Waals surface area contributed by atoms with Gasteiger partial charge in [0.2, 0.25) is 0 Å². The molecule has 88 valence electrons. The van der Waals surface area contributed by atoms with Gasteiger partial charge < -0.3 is 4.74 Å². The van der Waals surface area contributed by atoms with Gasteiger partial charge in [-0.25, -0.2) is 8.78 Å². The van der Waals surface area contributed by atoms with Crippen LogP contribution in [0.25, 0.3) is 0 Å². The third-order valence-electron chi connectivity index (χ3n) is 2.52. The van der Waals surface area contributed by atoms with E-state index in [-0.39, 0.29) is 0 Å². The van der Waals surface area contributed by atoms with Crippen molar-refractivity contribution < 1.29 is 18.3 Å². The maximum Gasteiger partial charge on any atom is 0.303 e. The molecule has 0 spiro atoms. The van der Waals surface area contributed by atoms with Gasteiger partial charge in [0.25, 0.3) is 0 Å². The van der Waals surface area contributed by atoms with E-state index in [0.717, 1.165) is 6.07 Å². The smallest absolute Gasteiger partial charge is 0.303 e. The van der Waals surface area contributed by atoms with Gasteiger partial charge in [-0.1, -0.05) is 6.92 Å². The Morgan fingerprint density at radius 2 is 1.81 bits per heavy atom. The van der Waals surface area contributed by atoms with Crippen molar-refractivity contribution in [3.63, 3.8) is 0 Å². The molecule has 0 aromatic heterocycles. The summed E-state index contributed by atoms with van der Waals surface area (Å²) in [6, 6.07) is 3.14. The van der Waals surface area contributed by atoms with Gasteiger partial charge in [-0.3, -0.25) is 4.79 Å². The van der Waals surface area contributed by atoms with Crippen molar-refractivity contribution in [2.24, 2.45) is 0 Å². The van der Waals surface area contributed by atoms with Gasteiger partial charge in [-0.05, 0) is 25.5 Å². The second-order valence-electron chi connectivity index (χ2n) is 3.84. The zero-order chi connectivity index (χ0) is 12.3. The number of rotatable bonds is 3. The van der Waals surface area contributed by atoms with E-state index in [1.165, 1.54) is 19.1 Å². The van der Waals surface area contributed by atoms with Crippen LogP contribution in [0.3, 0.4) is 0 Å². The van der Waals surface area contributed by atoms with E-state index in [0.29, 0.717) is 12.0 Å². The third-order valence-corrected chi connectivity index (χ3v) is 2.52. The lowest BCUT2D eigenvalue weighted by molar-refractivity contribution is -0.156. The van der Waals surface area contributed by atoms with Crippen LogP contribution in [0.15, 0.2) is 18.2 Å². The van der Waals surface area contributed by atoms with E-state index < -0.39 is 23.2 Å². The van der Waals surface area contributed by atoms with Gasteiger partial charge in [0.15, 0.2) is 0 Å². The van der Waals surface area contributed by atoms with Gasteiger partial charge in [0.05, 0.1) is 0 Å². The van der Waals surface area contributed by atoms with Crippen LogP contribution >= 0.6 is 0 Å². The first-order valence-corrected chi connectivity index (χ1v) is 5.03. The lowest BCUT2D eigenvalue weighted by Gasteiger charge is -2.28. The highest BCUT2D eigenvalue weighted by Gasteiger charge is 2.28. The van der Waals surface area contributed by atoms with Crippen LogP contribution in [-0.4, -0.2) is 5.97 Å². The standard InChI is InChI=1S/C12H14F2O2/c1-4-12(3,16-8(2)15)9-5-10(13)7-11(14)6-9/h5-7H,4H2,1-3H3. The van der Waals surface area contributed by atoms with Gasteiger partial charge in [0.1, 0.15) is 17.2 Å². The highest BCUT2D eigenvalue weighted by atomic mass is 19.1. The molecule has 2 nitrogen and oxygen atoms in total. The third kappa shape index (κ3) is 2.78. The van der Waals surface area contributed by atoms with Gasteiger partial charge in [-0.2, -0.15) is 0 Å². The van der Waals surface area contributed by atoms with Crippen molar-refractivity contribution >= 4 is 5.97 Å². The minimum absolute atomic E-state index is 0.322. The Bertz CT molecular complexity index is 384. The molecule has 0 N–H and O–H groups in total. The molecule has 1 rings (SSSR count). The topological polar surface area (TPSA) is 26.3 Å². The van der Waals surface area contributed by atoms with Gasteiger partial charge >= 0.3 is 5.97 Å². The number of hydrogen-bond acceptors (Lipinski definition) is 2. The van der Waals surface area contributed by atoms with Crippen molar-refractivity contribution in [1.29, 1.82) is 0 Å². The summed E-state index contributed by atoms with van der Waals surface area (Å²) in [6.07, 6.45) is 0.440. The first-order valence-electron chi connectivity index (χ1n) is 5.03. The van der Waals surface area contributed by atoms with E-state index in [2.05, 4.69) is 0 Å². The largest absolute Gasteiger partial charge is 0.455 e. The van der Waals surface area contributed by atoms with Crippen LogP contribution in [0, 0.1) is 11.6 Å². The second-order valence-corrected chi connectivity index (χ2v) is 3.84. The van der Waals surface area contributed by atoms with Crippen LogP contribution in [-0.2, 0) is 15.1 Å². The molecule has 1 aromatic carbocycles. The Morgan fingerprint density at radius 3 is 2.19 bits per heavy atom. The monoisotopic (exact) mass is 228 g/mol. The van der Waals surface area contributed by atoms with Crippen molar-refractivity contribution in [2.45, 2.75) is 32.8 Å². The van der Waals surface area contributed by atoms with Crippen molar-refractivity contribution in [1.82, 2.24) is 0 Å². The summed E-state index contributed by atoms with van der Waals surface area (Å²) < 4.78 is 31.2. The molecule has 0 saturated carbocycles. The first-order chi connectivity index (χ1) is 7.37. The van der Waals surface area contributed by atoms with Gasteiger partial charge in [0, 0.05) is 18.6 Å². The summed E-state index contributed by atoms with van der Waals surface area (Å²) in [6.45, 7) is 4.68. The first kappa shape index (κ1) is 12.6. The maximum absolute atomic E-state index is 13.1. The summed E-state index contributed by atoms with van der Waals surface area (Å²) in [5.74, 6) is -1.84. The Balaban J connectivity index is 3.16. The normalized spacial score (nSPS) is 14.3. The van der Waals surface area contributed by atoms with E-state index in [1.807, 2.05) is 0 Å². The van der Waals surface area contributed by atoms with Crippen LogP contribution in [0.2, 0.25) is 0 Å². The fraction of sp³-hybridized carbons (Fsp3) is 0.417. The molecule has 16 heavy (non-hydrogen) atoms. The summed E-state index contributed by atoms with van der Waals surface area (Å²) in [4.78, 5) is 11.0. The molecule has 0 fully saturated rings. The summed E-state index contributed by atoms with van der Waals surface area (Å²) in [7, 11) is 0. The molecule has 4 heteroatoms. The number of ether oxygens (including phenoxy) is 1. The average molecular weight is 228 g/mol. The highest BCUT2D eigenvalue weighted by Crippen LogP contribution is 2.30. The number of carbonyl (C=O) groups excluding carboxylic acids is 1. The number of hydrogen-bond donors (Lipinski definition) is 0. The molecule has 0 amide bonds. The minimum Gasteiger partial charge on any atom is -0.455 e. The van der Waals surface area contributed by atoms with Crippen molar-refractivity contribution in [3.05, 3.63) is 35.4 Å². The highest BCUT2D eigenvalue weighted by molar-refractivity contribution is 5.66. The maximum atomic E-state index is 13.1. The van der Waals surface area contributed by atoms with E-state index in [4.69, 9.17) is 4.74 Å². The average Bonchev–Trinajstić information content (AvgIpc) is 2.15. The SMILES string of the molecule is CCC(C)(OC(C)=O)c1cc(F)cc(F)c1. The molecule has 0 aliphatic heterocycles. The van der Waals surface area contributed by atoms with Crippen molar-refractivity contribution in [2.75, 3.05) is 0 Å². The molecule has 1 aromatic rings. The van der Waals surface area contributed by atoms with Crippen LogP contribution in [0.1, 0.15) is 32.8 Å². The molecular formula is C12H14F2O2. The fourth-order valence-electron chi connectivity index (χ4n) is 1.51.